The molecule has 0 spiro atoms. The number of carbonyl (C=O) groups excluding carboxylic acids is 1. The van der Waals surface area contributed by atoms with Gasteiger partial charge in [0.1, 0.15) is 11.2 Å². The van der Waals surface area contributed by atoms with Crippen molar-refractivity contribution in [3.05, 3.63) is 11.6 Å². The molecule has 1 N–H and O–H groups in total. The first-order valence-electron chi connectivity index (χ1n) is 5.70. The lowest BCUT2D eigenvalue weighted by Crippen LogP contribution is -2.24. The fraction of sp³-hybridized carbons (Fsp3) is 0.727. The van der Waals surface area contributed by atoms with Gasteiger partial charge in [-0.3, -0.25) is 9.89 Å². The van der Waals surface area contributed by atoms with Gasteiger partial charge in [-0.2, -0.15) is 5.10 Å². The lowest BCUT2D eigenvalue weighted by atomic mass is 10.1. The summed E-state index contributed by atoms with van der Waals surface area (Å²) in [4.78, 5) is 16.2. The molecular weight excluding hydrogens is 206 g/mol. The van der Waals surface area contributed by atoms with Crippen LogP contribution in [0.15, 0.2) is 0 Å². The molecule has 1 aromatic rings. The molecule has 88 valence electrons. The minimum Gasteiger partial charge on any atom is -0.465 e. The molecule has 1 aromatic heterocycles. The summed E-state index contributed by atoms with van der Waals surface area (Å²) in [5.41, 5.74) is -0.556. The standard InChI is InChI=1S/C11H17N3O2/c1-4-16-10(15)11(5-6-11)9-12-8(7(2)3)13-14-9/h7H,4-6H2,1-3H3,(H,12,13,14). The highest BCUT2D eigenvalue weighted by atomic mass is 16.5. The average Bonchev–Trinajstić information content (AvgIpc) is 2.89. The number of carbonyl (C=O) groups is 1. The van der Waals surface area contributed by atoms with Crippen molar-refractivity contribution in [2.45, 2.75) is 44.9 Å². The third-order valence-electron chi connectivity index (χ3n) is 2.89. The number of H-pyrrole nitrogens is 1. The van der Waals surface area contributed by atoms with Crippen LogP contribution in [0.1, 0.15) is 51.2 Å². The van der Waals surface area contributed by atoms with Crippen LogP contribution < -0.4 is 0 Å². The van der Waals surface area contributed by atoms with Gasteiger partial charge in [0.05, 0.1) is 6.61 Å². The zero-order chi connectivity index (χ0) is 11.8. The van der Waals surface area contributed by atoms with E-state index in [1.165, 1.54) is 0 Å². The first-order chi connectivity index (χ1) is 7.60. The summed E-state index contributed by atoms with van der Waals surface area (Å²) in [6.07, 6.45) is 1.59. The second-order valence-corrected chi connectivity index (χ2v) is 4.50. The van der Waals surface area contributed by atoms with Gasteiger partial charge in [0.15, 0.2) is 5.82 Å². The number of nitrogens with zero attached hydrogens (tertiary/aromatic N) is 2. The van der Waals surface area contributed by atoms with E-state index in [-0.39, 0.29) is 5.97 Å². The minimum atomic E-state index is -0.556. The van der Waals surface area contributed by atoms with Gasteiger partial charge in [-0.25, -0.2) is 4.98 Å². The van der Waals surface area contributed by atoms with Crippen LogP contribution in [0.3, 0.4) is 0 Å². The van der Waals surface area contributed by atoms with Crippen molar-refractivity contribution in [2.75, 3.05) is 6.61 Å². The van der Waals surface area contributed by atoms with E-state index in [4.69, 9.17) is 4.74 Å². The fourth-order valence-electron chi connectivity index (χ4n) is 1.66. The van der Waals surface area contributed by atoms with Crippen LogP contribution in [0.2, 0.25) is 0 Å². The smallest absolute Gasteiger partial charge is 0.319 e. The first kappa shape index (κ1) is 11.1. The van der Waals surface area contributed by atoms with Gasteiger partial charge >= 0.3 is 5.97 Å². The molecule has 0 radical (unpaired) electrons. The summed E-state index contributed by atoms with van der Waals surface area (Å²) in [5, 5.41) is 7.02. The van der Waals surface area contributed by atoms with Crippen molar-refractivity contribution >= 4 is 5.97 Å². The SMILES string of the molecule is CCOC(=O)C1(c2n[nH]c(C(C)C)n2)CC1. The summed E-state index contributed by atoms with van der Waals surface area (Å²) in [7, 11) is 0. The van der Waals surface area contributed by atoms with Crippen molar-refractivity contribution < 1.29 is 9.53 Å². The Morgan fingerprint density at radius 1 is 1.56 bits per heavy atom. The molecule has 1 heterocycles. The number of ether oxygens (including phenoxy) is 1. The number of hydrogen-bond acceptors (Lipinski definition) is 4. The molecule has 0 saturated heterocycles. The summed E-state index contributed by atoms with van der Waals surface area (Å²) in [6, 6.07) is 0. The molecule has 0 aliphatic heterocycles. The average molecular weight is 223 g/mol. The number of nitrogens with one attached hydrogen (secondary N) is 1. The quantitative estimate of drug-likeness (QED) is 0.786. The maximum Gasteiger partial charge on any atom is 0.319 e. The lowest BCUT2D eigenvalue weighted by molar-refractivity contribution is -0.146. The van der Waals surface area contributed by atoms with E-state index in [0.717, 1.165) is 18.7 Å². The summed E-state index contributed by atoms with van der Waals surface area (Å²) in [5.74, 6) is 1.52. The van der Waals surface area contributed by atoms with E-state index in [0.29, 0.717) is 18.3 Å². The van der Waals surface area contributed by atoms with Crippen LogP contribution in [-0.4, -0.2) is 27.8 Å². The van der Waals surface area contributed by atoms with Crippen LogP contribution in [0.25, 0.3) is 0 Å². The monoisotopic (exact) mass is 223 g/mol. The summed E-state index contributed by atoms with van der Waals surface area (Å²) in [6.45, 7) is 6.29. The number of aromatic nitrogens is 3. The third kappa shape index (κ3) is 1.70. The predicted octanol–water partition coefficient (Wildman–Crippen LogP) is 1.52. The highest BCUT2D eigenvalue weighted by molar-refractivity contribution is 5.85. The van der Waals surface area contributed by atoms with E-state index in [1.807, 2.05) is 20.8 Å². The fourth-order valence-corrected chi connectivity index (χ4v) is 1.66. The van der Waals surface area contributed by atoms with E-state index in [2.05, 4.69) is 15.2 Å². The maximum atomic E-state index is 11.8. The molecule has 0 atom stereocenters. The van der Waals surface area contributed by atoms with Crippen molar-refractivity contribution in [2.24, 2.45) is 0 Å². The van der Waals surface area contributed by atoms with Crippen LogP contribution >= 0.6 is 0 Å². The Bertz CT molecular complexity index is 394. The molecule has 16 heavy (non-hydrogen) atoms. The molecule has 0 unspecified atom stereocenters. The molecule has 1 saturated carbocycles. The predicted molar refractivity (Wildman–Crippen MR) is 58.0 cm³/mol. The normalized spacial score (nSPS) is 17.5. The van der Waals surface area contributed by atoms with E-state index < -0.39 is 5.41 Å². The zero-order valence-electron chi connectivity index (χ0n) is 9.91. The molecule has 0 amide bonds. The van der Waals surface area contributed by atoms with Gasteiger partial charge in [0, 0.05) is 5.92 Å². The number of aromatic amines is 1. The molecule has 2 rings (SSSR count). The Balaban J connectivity index is 2.20. The Labute approximate surface area is 94.6 Å². The van der Waals surface area contributed by atoms with Gasteiger partial charge in [-0.05, 0) is 19.8 Å². The highest BCUT2D eigenvalue weighted by Crippen LogP contribution is 2.47. The van der Waals surface area contributed by atoms with Crippen LogP contribution in [-0.2, 0) is 14.9 Å². The van der Waals surface area contributed by atoms with Gasteiger partial charge in [-0.15, -0.1) is 0 Å². The van der Waals surface area contributed by atoms with Gasteiger partial charge in [-0.1, -0.05) is 13.8 Å². The largest absolute Gasteiger partial charge is 0.465 e. The molecule has 1 aliphatic carbocycles. The van der Waals surface area contributed by atoms with Crippen LogP contribution in [0.4, 0.5) is 0 Å². The Hall–Kier alpha value is -1.39. The molecular formula is C11H17N3O2. The second kappa shape index (κ2) is 3.88. The van der Waals surface area contributed by atoms with Crippen molar-refractivity contribution in [1.29, 1.82) is 0 Å². The Morgan fingerprint density at radius 3 is 2.69 bits per heavy atom. The molecule has 1 aliphatic rings. The first-order valence-corrected chi connectivity index (χ1v) is 5.70. The van der Waals surface area contributed by atoms with E-state index in [9.17, 15) is 4.79 Å². The molecule has 5 heteroatoms. The number of rotatable bonds is 4. The van der Waals surface area contributed by atoms with Crippen molar-refractivity contribution in [3.8, 4) is 0 Å². The Morgan fingerprint density at radius 2 is 2.25 bits per heavy atom. The van der Waals surface area contributed by atoms with Crippen LogP contribution in [0.5, 0.6) is 0 Å². The molecule has 5 nitrogen and oxygen atoms in total. The second-order valence-electron chi connectivity index (χ2n) is 4.50. The third-order valence-corrected chi connectivity index (χ3v) is 2.89. The summed E-state index contributed by atoms with van der Waals surface area (Å²) < 4.78 is 5.06. The lowest BCUT2D eigenvalue weighted by Gasteiger charge is -2.09. The maximum absolute atomic E-state index is 11.8. The van der Waals surface area contributed by atoms with Crippen molar-refractivity contribution in [3.63, 3.8) is 0 Å². The van der Waals surface area contributed by atoms with Crippen LogP contribution in [0, 0.1) is 0 Å². The zero-order valence-corrected chi connectivity index (χ0v) is 9.91. The minimum absolute atomic E-state index is 0.190. The molecule has 0 bridgehead atoms. The van der Waals surface area contributed by atoms with Gasteiger partial charge < -0.3 is 4.74 Å². The Kier molecular flexibility index (Phi) is 2.69. The van der Waals surface area contributed by atoms with E-state index in [1.54, 1.807) is 0 Å². The number of hydrogen-bond donors (Lipinski definition) is 1. The molecule has 0 aromatic carbocycles. The summed E-state index contributed by atoms with van der Waals surface area (Å²) >= 11 is 0. The van der Waals surface area contributed by atoms with Crippen molar-refractivity contribution in [1.82, 2.24) is 15.2 Å². The van der Waals surface area contributed by atoms with Gasteiger partial charge in [0.25, 0.3) is 0 Å². The topological polar surface area (TPSA) is 67.9 Å². The molecule has 1 fully saturated rings. The number of esters is 1. The van der Waals surface area contributed by atoms with E-state index >= 15 is 0 Å². The highest BCUT2D eigenvalue weighted by Gasteiger charge is 2.56. The van der Waals surface area contributed by atoms with Gasteiger partial charge in [0.2, 0.25) is 0 Å².